The highest BCUT2D eigenvalue weighted by molar-refractivity contribution is 5.57. The molecule has 19 heavy (non-hydrogen) atoms. The number of rotatable bonds is 6. The van der Waals surface area contributed by atoms with Gasteiger partial charge in [-0.1, -0.05) is 19.1 Å². The molecule has 2 atom stereocenters. The van der Waals surface area contributed by atoms with Gasteiger partial charge in [0, 0.05) is 19.7 Å². The van der Waals surface area contributed by atoms with E-state index in [1.807, 2.05) is 18.2 Å². The van der Waals surface area contributed by atoms with E-state index in [1.54, 1.807) is 7.11 Å². The van der Waals surface area contributed by atoms with Gasteiger partial charge < -0.3 is 14.8 Å². The Morgan fingerprint density at radius 2 is 2.26 bits per heavy atom. The van der Waals surface area contributed by atoms with Crippen molar-refractivity contribution in [3.63, 3.8) is 0 Å². The molecule has 1 aromatic rings. The topological polar surface area (TPSA) is 33.7 Å². The summed E-state index contributed by atoms with van der Waals surface area (Å²) in [5, 5.41) is 3.43. The Hall–Kier alpha value is -1.26. The summed E-state index contributed by atoms with van der Waals surface area (Å²) in [4.78, 5) is 2.39. The summed E-state index contributed by atoms with van der Waals surface area (Å²) in [6.07, 6.45) is 0.189. The van der Waals surface area contributed by atoms with Gasteiger partial charge in [0.2, 0.25) is 0 Å². The minimum atomic E-state index is 0.189. The number of hydrogen-bond acceptors (Lipinski definition) is 4. The fourth-order valence-electron chi connectivity index (χ4n) is 2.49. The van der Waals surface area contributed by atoms with E-state index in [4.69, 9.17) is 9.47 Å². The zero-order valence-electron chi connectivity index (χ0n) is 12.1. The Bertz CT molecular complexity index is 397. The van der Waals surface area contributed by atoms with Gasteiger partial charge in [0.05, 0.1) is 18.8 Å². The predicted molar refractivity (Wildman–Crippen MR) is 77.9 cm³/mol. The number of para-hydroxylation sites is 2. The average Bonchev–Trinajstić information content (AvgIpc) is 2.44. The molecule has 2 rings (SSSR count). The fraction of sp³-hybridized carbons (Fsp3) is 0.600. The molecule has 0 aromatic heterocycles. The number of nitrogens with one attached hydrogen (secondary N) is 1. The van der Waals surface area contributed by atoms with E-state index in [0.29, 0.717) is 6.04 Å². The molecule has 0 aliphatic carbocycles. The van der Waals surface area contributed by atoms with E-state index in [1.165, 1.54) is 0 Å². The molecule has 1 aliphatic rings. The smallest absolute Gasteiger partial charge is 0.142 e. The van der Waals surface area contributed by atoms with Crippen molar-refractivity contribution in [2.45, 2.75) is 26.0 Å². The van der Waals surface area contributed by atoms with Crippen molar-refractivity contribution in [1.29, 1.82) is 0 Å². The van der Waals surface area contributed by atoms with Crippen LogP contribution in [0, 0.1) is 0 Å². The second-order valence-electron chi connectivity index (χ2n) is 5.01. The number of likely N-dealkylation sites (N-methyl/N-ethyl adjacent to an activating group) is 1. The SMILES string of the molecule is CCN(CC1CNc2ccccc2O1)C(C)COC. The summed E-state index contributed by atoms with van der Waals surface area (Å²) >= 11 is 0. The van der Waals surface area contributed by atoms with Crippen LogP contribution in [-0.2, 0) is 4.74 Å². The molecule has 0 saturated carbocycles. The van der Waals surface area contributed by atoms with Crippen LogP contribution in [0.3, 0.4) is 0 Å². The predicted octanol–water partition coefficient (Wildman–Crippen LogP) is 2.22. The molecule has 1 N–H and O–H groups in total. The molecular formula is C15H24N2O2. The lowest BCUT2D eigenvalue weighted by atomic mass is 10.2. The number of benzene rings is 1. The summed E-state index contributed by atoms with van der Waals surface area (Å²) in [6.45, 7) is 7.90. The van der Waals surface area contributed by atoms with Gasteiger partial charge in [0.1, 0.15) is 11.9 Å². The Morgan fingerprint density at radius 3 is 3.00 bits per heavy atom. The maximum atomic E-state index is 6.05. The van der Waals surface area contributed by atoms with Crippen LogP contribution < -0.4 is 10.1 Å². The Labute approximate surface area is 115 Å². The van der Waals surface area contributed by atoms with Crippen molar-refractivity contribution >= 4 is 5.69 Å². The summed E-state index contributed by atoms with van der Waals surface area (Å²) in [6, 6.07) is 8.51. The molecule has 4 nitrogen and oxygen atoms in total. The fourth-order valence-corrected chi connectivity index (χ4v) is 2.49. The summed E-state index contributed by atoms with van der Waals surface area (Å²) < 4.78 is 11.3. The highest BCUT2D eigenvalue weighted by Crippen LogP contribution is 2.28. The van der Waals surface area contributed by atoms with Crippen LogP contribution in [0.15, 0.2) is 24.3 Å². The third-order valence-corrected chi connectivity index (χ3v) is 3.58. The van der Waals surface area contributed by atoms with Crippen LogP contribution in [0.25, 0.3) is 0 Å². The van der Waals surface area contributed by atoms with Gasteiger partial charge in [-0.25, -0.2) is 0 Å². The molecule has 0 saturated heterocycles. The zero-order valence-corrected chi connectivity index (χ0v) is 12.1. The molecule has 0 bridgehead atoms. The Morgan fingerprint density at radius 1 is 1.47 bits per heavy atom. The molecule has 4 heteroatoms. The first-order valence-electron chi connectivity index (χ1n) is 6.97. The lowest BCUT2D eigenvalue weighted by molar-refractivity contribution is 0.0692. The van der Waals surface area contributed by atoms with Gasteiger partial charge in [0.15, 0.2) is 0 Å². The van der Waals surface area contributed by atoms with Crippen molar-refractivity contribution < 1.29 is 9.47 Å². The van der Waals surface area contributed by atoms with E-state index in [-0.39, 0.29) is 6.10 Å². The molecule has 1 aliphatic heterocycles. The van der Waals surface area contributed by atoms with Gasteiger partial charge in [0.25, 0.3) is 0 Å². The average molecular weight is 264 g/mol. The van der Waals surface area contributed by atoms with Crippen LogP contribution in [0.4, 0.5) is 5.69 Å². The highest BCUT2D eigenvalue weighted by atomic mass is 16.5. The van der Waals surface area contributed by atoms with Crippen LogP contribution in [0.5, 0.6) is 5.75 Å². The van der Waals surface area contributed by atoms with Gasteiger partial charge in [-0.05, 0) is 25.6 Å². The Balaban J connectivity index is 1.93. The van der Waals surface area contributed by atoms with Crippen molar-refractivity contribution in [1.82, 2.24) is 4.90 Å². The van der Waals surface area contributed by atoms with Gasteiger partial charge in [-0.15, -0.1) is 0 Å². The third kappa shape index (κ3) is 3.61. The first kappa shape index (κ1) is 14.2. The quantitative estimate of drug-likeness (QED) is 0.854. The molecule has 106 valence electrons. The van der Waals surface area contributed by atoms with Crippen LogP contribution in [-0.4, -0.2) is 50.4 Å². The van der Waals surface area contributed by atoms with Gasteiger partial charge in [-0.3, -0.25) is 4.90 Å². The van der Waals surface area contributed by atoms with Crippen molar-refractivity contribution in [3.05, 3.63) is 24.3 Å². The lowest BCUT2D eigenvalue weighted by Gasteiger charge is -2.34. The van der Waals surface area contributed by atoms with E-state index >= 15 is 0 Å². The van der Waals surface area contributed by atoms with Crippen LogP contribution >= 0.6 is 0 Å². The molecule has 0 amide bonds. The maximum Gasteiger partial charge on any atom is 0.142 e. The zero-order chi connectivity index (χ0) is 13.7. The van der Waals surface area contributed by atoms with Gasteiger partial charge in [-0.2, -0.15) is 0 Å². The first-order chi connectivity index (χ1) is 9.24. The van der Waals surface area contributed by atoms with E-state index in [9.17, 15) is 0 Å². The minimum absolute atomic E-state index is 0.189. The molecule has 0 spiro atoms. The molecule has 1 heterocycles. The van der Waals surface area contributed by atoms with Crippen LogP contribution in [0.1, 0.15) is 13.8 Å². The lowest BCUT2D eigenvalue weighted by Crippen LogP contribution is -2.46. The number of anilines is 1. The van der Waals surface area contributed by atoms with Gasteiger partial charge >= 0.3 is 0 Å². The summed E-state index contributed by atoms with van der Waals surface area (Å²) in [5.74, 6) is 0.953. The number of nitrogens with zero attached hydrogens (tertiary/aromatic N) is 1. The molecule has 0 radical (unpaired) electrons. The molecular weight excluding hydrogens is 240 g/mol. The van der Waals surface area contributed by atoms with E-state index < -0.39 is 0 Å². The molecule has 1 aromatic carbocycles. The largest absolute Gasteiger partial charge is 0.485 e. The second kappa shape index (κ2) is 6.78. The van der Waals surface area contributed by atoms with E-state index in [0.717, 1.165) is 37.7 Å². The molecule has 0 fully saturated rings. The molecule has 2 unspecified atom stereocenters. The standard InChI is InChI=1S/C15H24N2O2/c1-4-17(12(2)11-18-3)10-13-9-16-14-7-5-6-8-15(14)19-13/h5-8,12-13,16H,4,9-11H2,1-3H3. The summed E-state index contributed by atoms with van der Waals surface area (Å²) in [5.41, 5.74) is 1.09. The highest BCUT2D eigenvalue weighted by Gasteiger charge is 2.23. The Kier molecular flexibility index (Phi) is 5.05. The number of ether oxygens (including phenoxy) is 2. The van der Waals surface area contributed by atoms with Crippen molar-refractivity contribution in [2.24, 2.45) is 0 Å². The number of hydrogen-bond donors (Lipinski definition) is 1. The first-order valence-corrected chi connectivity index (χ1v) is 6.97. The number of methoxy groups -OCH3 is 1. The van der Waals surface area contributed by atoms with E-state index in [2.05, 4.69) is 30.1 Å². The van der Waals surface area contributed by atoms with Crippen LogP contribution in [0.2, 0.25) is 0 Å². The maximum absolute atomic E-state index is 6.05. The summed E-state index contributed by atoms with van der Waals surface area (Å²) in [7, 11) is 1.75. The normalized spacial score (nSPS) is 19.5. The third-order valence-electron chi connectivity index (χ3n) is 3.58. The monoisotopic (exact) mass is 264 g/mol. The second-order valence-corrected chi connectivity index (χ2v) is 5.01. The minimum Gasteiger partial charge on any atom is -0.485 e. The number of fused-ring (bicyclic) bond motifs is 1. The van der Waals surface area contributed by atoms with Crippen molar-refractivity contribution in [2.75, 3.05) is 38.7 Å². The van der Waals surface area contributed by atoms with Crippen molar-refractivity contribution in [3.8, 4) is 5.75 Å².